The highest BCUT2D eigenvalue weighted by Crippen LogP contribution is 2.15. The Kier molecular flexibility index (Phi) is 4.37. The summed E-state index contributed by atoms with van der Waals surface area (Å²) < 4.78 is 0. The molecule has 3 rings (SSSR count). The lowest BCUT2D eigenvalue weighted by Crippen LogP contribution is -2.21. The number of carbonyl (C=O) groups excluding carboxylic acids is 1. The number of aryl methyl sites for hydroxylation is 1. The quantitative estimate of drug-likeness (QED) is 0.778. The molecular weight excluding hydrogens is 292 g/mol. The van der Waals surface area contributed by atoms with Crippen molar-refractivity contribution in [3.8, 4) is 11.4 Å². The largest absolute Gasteiger partial charge is 0.324 e. The third-order valence-corrected chi connectivity index (χ3v) is 3.35. The molecule has 0 aliphatic rings. The number of tetrazole rings is 1. The van der Waals surface area contributed by atoms with E-state index in [0.29, 0.717) is 5.82 Å². The van der Waals surface area contributed by atoms with E-state index in [1.54, 1.807) is 24.5 Å². The van der Waals surface area contributed by atoms with E-state index >= 15 is 0 Å². The molecule has 0 aliphatic carbocycles. The first-order valence-electron chi connectivity index (χ1n) is 7.32. The third kappa shape index (κ3) is 3.57. The summed E-state index contributed by atoms with van der Waals surface area (Å²) in [6, 6.07) is 11.3. The second-order valence-electron chi connectivity index (χ2n) is 4.94. The van der Waals surface area contributed by atoms with Crippen LogP contribution in [-0.2, 0) is 17.8 Å². The van der Waals surface area contributed by atoms with Gasteiger partial charge in [0.05, 0.1) is 0 Å². The zero-order valence-electron chi connectivity index (χ0n) is 12.7. The first-order chi connectivity index (χ1) is 11.3. The third-order valence-electron chi connectivity index (χ3n) is 3.35. The predicted octanol–water partition coefficient (Wildman–Crippen LogP) is 1.94. The second kappa shape index (κ2) is 6.78. The smallest absolute Gasteiger partial charge is 0.248 e. The molecule has 0 saturated carbocycles. The van der Waals surface area contributed by atoms with Crippen LogP contribution in [0, 0.1) is 0 Å². The van der Waals surface area contributed by atoms with Crippen molar-refractivity contribution in [2.24, 2.45) is 0 Å². The van der Waals surface area contributed by atoms with Gasteiger partial charge in [0.1, 0.15) is 6.54 Å². The van der Waals surface area contributed by atoms with Crippen LogP contribution in [0.1, 0.15) is 12.5 Å². The van der Waals surface area contributed by atoms with E-state index in [1.165, 1.54) is 4.80 Å². The number of hydrogen-bond donors (Lipinski definition) is 1. The standard InChI is InChI=1S/C16H16N6O/c1-2-12-5-3-4-6-14(12)18-15(23)11-22-20-16(19-21-22)13-7-9-17-10-8-13/h3-10H,2,11H2,1H3,(H,18,23). The number of benzene rings is 1. The van der Waals surface area contributed by atoms with Crippen molar-refractivity contribution in [1.82, 2.24) is 25.2 Å². The van der Waals surface area contributed by atoms with E-state index < -0.39 is 0 Å². The molecule has 23 heavy (non-hydrogen) atoms. The van der Waals surface area contributed by atoms with Gasteiger partial charge in [0.25, 0.3) is 0 Å². The Hall–Kier alpha value is -3.09. The van der Waals surface area contributed by atoms with Gasteiger partial charge >= 0.3 is 0 Å². The number of hydrogen-bond acceptors (Lipinski definition) is 5. The summed E-state index contributed by atoms with van der Waals surface area (Å²) in [7, 11) is 0. The maximum Gasteiger partial charge on any atom is 0.248 e. The van der Waals surface area contributed by atoms with Crippen LogP contribution in [0.3, 0.4) is 0 Å². The maximum absolute atomic E-state index is 12.1. The number of anilines is 1. The van der Waals surface area contributed by atoms with Gasteiger partial charge in [-0.3, -0.25) is 9.78 Å². The summed E-state index contributed by atoms with van der Waals surface area (Å²) in [5.41, 5.74) is 2.71. The molecule has 0 fully saturated rings. The number of nitrogens with one attached hydrogen (secondary N) is 1. The maximum atomic E-state index is 12.1. The number of aromatic nitrogens is 5. The lowest BCUT2D eigenvalue weighted by molar-refractivity contribution is -0.117. The van der Waals surface area contributed by atoms with Crippen LogP contribution in [0.4, 0.5) is 5.69 Å². The molecule has 7 nitrogen and oxygen atoms in total. The summed E-state index contributed by atoms with van der Waals surface area (Å²) in [6.07, 6.45) is 4.17. The first-order valence-corrected chi connectivity index (χ1v) is 7.32. The van der Waals surface area contributed by atoms with Crippen molar-refractivity contribution < 1.29 is 4.79 Å². The number of pyridine rings is 1. The summed E-state index contributed by atoms with van der Waals surface area (Å²) >= 11 is 0. The van der Waals surface area contributed by atoms with Crippen LogP contribution >= 0.6 is 0 Å². The monoisotopic (exact) mass is 308 g/mol. The Labute approximate surface area is 133 Å². The molecule has 2 aromatic heterocycles. The van der Waals surface area contributed by atoms with Crippen molar-refractivity contribution >= 4 is 11.6 Å². The van der Waals surface area contributed by atoms with Crippen LogP contribution in [0.25, 0.3) is 11.4 Å². The van der Waals surface area contributed by atoms with E-state index in [4.69, 9.17) is 0 Å². The van der Waals surface area contributed by atoms with Crippen LogP contribution in [0.15, 0.2) is 48.8 Å². The van der Waals surface area contributed by atoms with Crippen molar-refractivity contribution in [1.29, 1.82) is 0 Å². The molecule has 0 aliphatic heterocycles. The highest BCUT2D eigenvalue weighted by Gasteiger charge is 2.10. The molecule has 1 amide bonds. The minimum Gasteiger partial charge on any atom is -0.324 e. The molecule has 0 bridgehead atoms. The number of carbonyl (C=O) groups is 1. The van der Waals surface area contributed by atoms with E-state index in [-0.39, 0.29) is 12.5 Å². The van der Waals surface area contributed by atoms with Crippen molar-refractivity contribution in [3.05, 3.63) is 54.4 Å². The highest BCUT2D eigenvalue weighted by atomic mass is 16.2. The van der Waals surface area contributed by atoms with Crippen molar-refractivity contribution in [2.45, 2.75) is 19.9 Å². The SMILES string of the molecule is CCc1ccccc1NC(=O)Cn1nnc(-c2ccncc2)n1. The first kappa shape index (κ1) is 14.8. The fourth-order valence-corrected chi connectivity index (χ4v) is 2.20. The normalized spacial score (nSPS) is 10.5. The second-order valence-corrected chi connectivity index (χ2v) is 4.94. The Bertz CT molecular complexity index is 799. The Morgan fingerprint density at radius 1 is 1.17 bits per heavy atom. The molecular formula is C16H16N6O. The van der Waals surface area contributed by atoms with Gasteiger partial charge in [0.15, 0.2) is 0 Å². The Morgan fingerprint density at radius 2 is 1.96 bits per heavy atom. The van der Waals surface area contributed by atoms with Gasteiger partial charge in [-0.25, -0.2) is 0 Å². The molecule has 2 heterocycles. The predicted molar refractivity (Wildman–Crippen MR) is 85.5 cm³/mol. The molecule has 1 N–H and O–H groups in total. The molecule has 0 spiro atoms. The van der Waals surface area contributed by atoms with Gasteiger partial charge < -0.3 is 5.32 Å². The van der Waals surface area contributed by atoms with Crippen LogP contribution in [0.2, 0.25) is 0 Å². The van der Waals surface area contributed by atoms with Crippen molar-refractivity contribution in [2.75, 3.05) is 5.32 Å². The van der Waals surface area contributed by atoms with Gasteiger partial charge in [-0.2, -0.15) is 4.80 Å². The van der Waals surface area contributed by atoms with E-state index in [9.17, 15) is 4.79 Å². The van der Waals surface area contributed by atoms with Gasteiger partial charge in [0.2, 0.25) is 11.7 Å². The van der Waals surface area contributed by atoms with Crippen LogP contribution < -0.4 is 5.32 Å². The topological polar surface area (TPSA) is 85.6 Å². The zero-order valence-corrected chi connectivity index (χ0v) is 12.7. The fraction of sp³-hybridized carbons (Fsp3) is 0.188. The molecule has 7 heteroatoms. The minimum absolute atomic E-state index is 0.0101. The molecule has 0 saturated heterocycles. The average molecular weight is 308 g/mol. The number of para-hydroxylation sites is 1. The van der Waals surface area contributed by atoms with Crippen molar-refractivity contribution in [3.63, 3.8) is 0 Å². The van der Waals surface area contributed by atoms with E-state index in [2.05, 4.69) is 25.7 Å². The van der Waals surface area contributed by atoms with Crippen LogP contribution in [0.5, 0.6) is 0 Å². The highest BCUT2D eigenvalue weighted by molar-refractivity contribution is 5.91. The Balaban J connectivity index is 1.68. The number of rotatable bonds is 5. The van der Waals surface area contributed by atoms with E-state index in [1.807, 2.05) is 31.2 Å². The molecule has 0 atom stereocenters. The molecule has 116 valence electrons. The van der Waals surface area contributed by atoms with Crippen LogP contribution in [-0.4, -0.2) is 31.1 Å². The summed E-state index contributed by atoms with van der Waals surface area (Å²) in [5.74, 6) is 0.277. The number of nitrogens with zero attached hydrogens (tertiary/aromatic N) is 5. The Morgan fingerprint density at radius 3 is 2.74 bits per heavy atom. The fourth-order valence-electron chi connectivity index (χ4n) is 2.20. The molecule has 3 aromatic rings. The van der Waals surface area contributed by atoms with Gasteiger partial charge in [-0.1, -0.05) is 25.1 Å². The molecule has 0 radical (unpaired) electrons. The summed E-state index contributed by atoms with van der Waals surface area (Å²) in [6.45, 7) is 2.06. The lowest BCUT2D eigenvalue weighted by atomic mass is 10.1. The molecule has 0 unspecified atom stereocenters. The zero-order chi connectivity index (χ0) is 16.1. The van der Waals surface area contributed by atoms with Gasteiger partial charge in [0, 0.05) is 23.6 Å². The summed E-state index contributed by atoms with van der Waals surface area (Å²) in [5, 5.41) is 15.0. The molecule has 1 aromatic carbocycles. The number of amides is 1. The lowest BCUT2D eigenvalue weighted by Gasteiger charge is -2.08. The minimum atomic E-state index is -0.190. The van der Waals surface area contributed by atoms with E-state index in [0.717, 1.165) is 23.2 Å². The average Bonchev–Trinajstić information content (AvgIpc) is 3.04. The van der Waals surface area contributed by atoms with Gasteiger partial charge in [-0.15, -0.1) is 10.2 Å². The van der Waals surface area contributed by atoms with Gasteiger partial charge in [-0.05, 0) is 35.4 Å². The summed E-state index contributed by atoms with van der Waals surface area (Å²) in [4.78, 5) is 17.4.